The number of carbonyl (C=O) groups excluding carboxylic acids is 1. The maximum Gasteiger partial charge on any atom is 0.335 e. The highest BCUT2D eigenvalue weighted by Gasteiger charge is 2.28. The van der Waals surface area contributed by atoms with Crippen LogP contribution in [0.3, 0.4) is 0 Å². The van der Waals surface area contributed by atoms with Gasteiger partial charge in [0.25, 0.3) is 0 Å². The Morgan fingerprint density at radius 1 is 1.30 bits per heavy atom. The minimum absolute atomic E-state index is 0.132. The summed E-state index contributed by atoms with van der Waals surface area (Å²) in [5.41, 5.74) is 0.817. The topological polar surface area (TPSA) is 69.6 Å². The van der Waals surface area contributed by atoms with Crippen molar-refractivity contribution in [3.8, 4) is 0 Å². The fourth-order valence-corrected chi connectivity index (χ4v) is 3.21. The van der Waals surface area contributed by atoms with Crippen molar-refractivity contribution in [1.29, 1.82) is 0 Å². The Morgan fingerprint density at radius 2 is 1.95 bits per heavy atom. The Hall–Kier alpha value is -1.69. The van der Waals surface area contributed by atoms with Crippen molar-refractivity contribution in [2.24, 2.45) is 0 Å². The van der Waals surface area contributed by atoms with Gasteiger partial charge in [-0.25, -0.2) is 9.59 Å². The Bertz CT molecular complexity index is 504. The van der Waals surface area contributed by atoms with E-state index in [1.54, 1.807) is 12.1 Å². The number of urea groups is 1. The molecule has 0 aromatic heterocycles. The number of carbonyl (C=O) groups is 2. The molecule has 2 atom stereocenters. The van der Waals surface area contributed by atoms with Gasteiger partial charge in [0.2, 0.25) is 0 Å². The number of aromatic carboxylic acids is 1. The zero-order valence-corrected chi connectivity index (χ0v) is 12.3. The monoisotopic (exact) mass is 294 g/mol. The summed E-state index contributed by atoms with van der Waals surface area (Å²) in [5.74, 6) is -0.0324. The maximum absolute atomic E-state index is 12.2. The fourth-order valence-electron chi connectivity index (χ4n) is 2.11. The SMILES string of the molecule is CC1SCCN(C(=O)Nc2ccc(C(=O)O)cc2)C1C. The van der Waals surface area contributed by atoms with Gasteiger partial charge in [0.05, 0.1) is 5.56 Å². The number of carboxylic acids is 1. The molecule has 0 bridgehead atoms. The highest BCUT2D eigenvalue weighted by Crippen LogP contribution is 2.24. The van der Waals surface area contributed by atoms with Crippen LogP contribution >= 0.6 is 11.8 Å². The smallest absolute Gasteiger partial charge is 0.335 e. The minimum atomic E-state index is -0.974. The van der Waals surface area contributed by atoms with Crippen LogP contribution in [0.1, 0.15) is 24.2 Å². The van der Waals surface area contributed by atoms with Crippen LogP contribution in [0.4, 0.5) is 10.5 Å². The molecule has 6 heteroatoms. The van der Waals surface area contributed by atoms with Gasteiger partial charge >= 0.3 is 12.0 Å². The van der Waals surface area contributed by atoms with Crippen molar-refractivity contribution in [2.45, 2.75) is 25.1 Å². The van der Waals surface area contributed by atoms with Crippen LogP contribution in [0.25, 0.3) is 0 Å². The lowest BCUT2D eigenvalue weighted by Gasteiger charge is -2.37. The van der Waals surface area contributed by atoms with Gasteiger partial charge in [0, 0.05) is 29.3 Å². The lowest BCUT2D eigenvalue weighted by Crippen LogP contribution is -2.49. The van der Waals surface area contributed by atoms with E-state index in [4.69, 9.17) is 5.11 Å². The summed E-state index contributed by atoms with van der Waals surface area (Å²) in [4.78, 5) is 24.8. The van der Waals surface area contributed by atoms with Gasteiger partial charge in [-0.15, -0.1) is 0 Å². The molecule has 0 spiro atoms. The van der Waals surface area contributed by atoms with Crippen molar-refractivity contribution in [2.75, 3.05) is 17.6 Å². The van der Waals surface area contributed by atoms with Crippen LogP contribution in [0, 0.1) is 0 Å². The van der Waals surface area contributed by atoms with Crippen molar-refractivity contribution in [3.05, 3.63) is 29.8 Å². The van der Waals surface area contributed by atoms with Gasteiger partial charge in [-0.2, -0.15) is 11.8 Å². The molecule has 1 heterocycles. The first-order chi connectivity index (χ1) is 9.49. The summed E-state index contributed by atoms with van der Waals surface area (Å²) >= 11 is 1.87. The number of thioether (sulfide) groups is 1. The summed E-state index contributed by atoms with van der Waals surface area (Å²) in [5, 5.41) is 12.1. The Kier molecular flexibility index (Phi) is 4.54. The highest BCUT2D eigenvalue weighted by atomic mass is 32.2. The Morgan fingerprint density at radius 3 is 2.55 bits per heavy atom. The number of carboxylic acid groups (broad SMARTS) is 1. The fraction of sp³-hybridized carbons (Fsp3) is 0.429. The molecule has 1 aromatic carbocycles. The number of benzene rings is 1. The van der Waals surface area contributed by atoms with Gasteiger partial charge < -0.3 is 15.3 Å². The Labute approximate surface area is 122 Å². The molecule has 1 saturated heterocycles. The molecule has 1 fully saturated rings. The predicted octanol–water partition coefficient (Wildman–Crippen LogP) is 2.74. The summed E-state index contributed by atoms with van der Waals surface area (Å²) in [6.45, 7) is 4.90. The van der Waals surface area contributed by atoms with Crippen LogP contribution < -0.4 is 5.32 Å². The van der Waals surface area contributed by atoms with E-state index in [1.807, 2.05) is 23.6 Å². The first-order valence-electron chi connectivity index (χ1n) is 6.51. The first-order valence-corrected chi connectivity index (χ1v) is 7.56. The molecule has 1 aliphatic rings. The molecule has 2 unspecified atom stereocenters. The number of anilines is 1. The van der Waals surface area contributed by atoms with E-state index >= 15 is 0 Å². The van der Waals surface area contributed by atoms with E-state index in [0.29, 0.717) is 10.9 Å². The second-order valence-corrected chi connectivity index (χ2v) is 6.31. The van der Waals surface area contributed by atoms with Gasteiger partial charge in [-0.1, -0.05) is 6.92 Å². The molecule has 0 radical (unpaired) electrons. The quantitative estimate of drug-likeness (QED) is 0.880. The lowest BCUT2D eigenvalue weighted by molar-refractivity contribution is 0.0697. The molecule has 108 valence electrons. The average Bonchev–Trinajstić information content (AvgIpc) is 2.42. The number of hydrogen-bond acceptors (Lipinski definition) is 3. The van der Waals surface area contributed by atoms with Crippen molar-refractivity contribution in [3.63, 3.8) is 0 Å². The molecule has 1 aliphatic heterocycles. The number of hydrogen-bond donors (Lipinski definition) is 2. The van der Waals surface area contributed by atoms with Crippen LogP contribution in [-0.2, 0) is 0 Å². The zero-order chi connectivity index (χ0) is 14.7. The molecular weight excluding hydrogens is 276 g/mol. The van der Waals surface area contributed by atoms with Gasteiger partial charge in [0.1, 0.15) is 0 Å². The largest absolute Gasteiger partial charge is 0.478 e. The van der Waals surface area contributed by atoms with E-state index in [-0.39, 0.29) is 17.6 Å². The van der Waals surface area contributed by atoms with E-state index in [2.05, 4.69) is 12.2 Å². The molecule has 2 rings (SSSR count). The molecule has 0 saturated carbocycles. The van der Waals surface area contributed by atoms with E-state index in [1.165, 1.54) is 12.1 Å². The van der Waals surface area contributed by atoms with E-state index in [9.17, 15) is 9.59 Å². The minimum Gasteiger partial charge on any atom is -0.478 e. The number of rotatable bonds is 2. The van der Waals surface area contributed by atoms with Crippen molar-refractivity contribution >= 4 is 29.4 Å². The van der Waals surface area contributed by atoms with Gasteiger partial charge in [0.15, 0.2) is 0 Å². The van der Waals surface area contributed by atoms with E-state index < -0.39 is 5.97 Å². The lowest BCUT2D eigenvalue weighted by atomic mass is 10.2. The van der Waals surface area contributed by atoms with Crippen LogP contribution in [0.15, 0.2) is 24.3 Å². The zero-order valence-electron chi connectivity index (χ0n) is 11.5. The predicted molar refractivity (Wildman–Crippen MR) is 80.5 cm³/mol. The molecule has 2 N–H and O–H groups in total. The third kappa shape index (κ3) is 3.25. The summed E-state index contributed by atoms with van der Waals surface area (Å²) in [6.07, 6.45) is 0. The van der Waals surface area contributed by atoms with Crippen molar-refractivity contribution in [1.82, 2.24) is 4.90 Å². The second-order valence-electron chi connectivity index (χ2n) is 4.82. The van der Waals surface area contributed by atoms with E-state index in [0.717, 1.165) is 12.3 Å². The average molecular weight is 294 g/mol. The Balaban J connectivity index is 2.02. The second kappa shape index (κ2) is 6.17. The standard InChI is InChI=1S/C14H18N2O3S/c1-9-10(2)20-8-7-16(9)14(19)15-12-5-3-11(4-6-12)13(17)18/h3-6,9-10H,7-8H2,1-2H3,(H,15,19)(H,17,18). The normalized spacial score (nSPS) is 22.4. The van der Waals surface area contributed by atoms with Gasteiger partial charge in [-0.3, -0.25) is 0 Å². The number of amides is 2. The van der Waals surface area contributed by atoms with Crippen LogP contribution in [0.2, 0.25) is 0 Å². The third-order valence-electron chi connectivity index (χ3n) is 3.53. The van der Waals surface area contributed by atoms with Crippen LogP contribution in [0.5, 0.6) is 0 Å². The molecule has 2 amide bonds. The summed E-state index contributed by atoms with van der Waals surface area (Å²) in [6, 6.07) is 6.23. The van der Waals surface area contributed by atoms with Crippen LogP contribution in [-0.4, -0.2) is 45.6 Å². The third-order valence-corrected chi connectivity index (χ3v) is 4.87. The number of nitrogens with one attached hydrogen (secondary N) is 1. The molecule has 5 nitrogen and oxygen atoms in total. The molecular formula is C14H18N2O3S. The summed E-state index contributed by atoms with van der Waals surface area (Å²) < 4.78 is 0. The first kappa shape index (κ1) is 14.7. The number of nitrogens with zero attached hydrogens (tertiary/aromatic N) is 1. The maximum atomic E-state index is 12.2. The highest BCUT2D eigenvalue weighted by molar-refractivity contribution is 8.00. The van der Waals surface area contributed by atoms with Gasteiger partial charge in [-0.05, 0) is 31.2 Å². The summed E-state index contributed by atoms with van der Waals surface area (Å²) in [7, 11) is 0. The molecule has 0 aliphatic carbocycles. The molecule has 1 aromatic rings. The molecule has 20 heavy (non-hydrogen) atoms. The van der Waals surface area contributed by atoms with Crippen molar-refractivity contribution < 1.29 is 14.7 Å².